The highest BCUT2D eigenvalue weighted by molar-refractivity contribution is 7.92. The molecule has 44 heavy (non-hydrogen) atoms. The average molecular weight is 612 g/mol. The number of nitrogens with zero attached hydrogens (tertiary/aromatic N) is 2. The van der Waals surface area contributed by atoms with Gasteiger partial charge >= 0.3 is 0 Å². The van der Waals surface area contributed by atoms with Gasteiger partial charge in [-0.3, -0.25) is 13.9 Å². The van der Waals surface area contributed by atoms with Crippen LogP contribution in [0.2, 0.25) is 0 Å². The number of aryl methyl sites for hydroxylation is 3. The van der Waals surface area contributed by atoms with Crippen LogP contribution in [0.3, 0.4) is 0 Å². The maximum atomic E-state index is 14.5. The molecule has 0 aliphatic heterocycles. The first kappa shape index (κ1) is 32.5. The zero-order valence-corrected chi connectivity index (χ0v) is 26.8. The largest absolute Gasteiger partial charge is 0.352 e. The van der Waals surface area contributed by atoms with Gasteiger partial charge in [-0.15, -0.1) is 0 Å². The quantitative estimate of drug-likeness (QED) is 0.214. The molecular weight excluding hydrogens is 570 g/mol. The van der Waals surface area contributed by atoms with E-state index in [1.54, 1.807) is 30.3 Å². The van der Waals surface area contributed by atoms with E-state index < -0.39 is 28.5 Å². The van der Waals surface area contributed by atoms with E-state index in [1.807, 2.05) is 95.3 Å². The molecule has 0 saturated carbocycles. The highest BCUT2D eigenvalue weighted by Gasteiger charge is 2.35. The minimum absolute atomic E-state index is 0.0792. The van der Waals surface area contributed by atoms with E-state index in [0.717, 1.165) is 32.1 Å². The van der Waals surface area contributed by atoms with Crippen molar-refractivity contribution in [3.8, 4) is 0 Å². The van der Waals surface area contributed by atoms with Crippen molar-refractivity contribution < 1.29 is 18.0 Å². The average Bonchev–Trinajstić information content (AvgIpc) is 2.97. The van der Waals surface area contributed by atoms with Gasteiger partial charge in [-0.05, 0) is 81.1 Å². The Morgan fingerprint density at radius 2 is 1.32 bits per heavy atom. The maximum Gasteiger partial charge on any atom is 0.264 e. The molecule has 4 aromatic rings. The lowest BCUT2D eigenvalue weighted by Gasteiger charge is -2.34. The van der Waals surface area contributed by atoms with Gasteiger partial charge in [-0.1, -0.05) is 84.4 Å². The van der Waals surface area contributed by atoms with Crippen molar-refractivity contribution in [1.29, 1.82) is 0 Å². The summed E-state index contributed by atoms with van der Waals surface area (Å²) in [6, 6.07) is 29.9. The molecule has 4 aromatic carbocycles. The zero-order valence-electron chi connectivity index (χ0n) is 26.0. The van der Waals surface area contributed by atoms with E-state index in [4.69, 9.17) is 0 Å². The van der Waals surface area contributed by atoms with E-state index in [-0.39, 0.29) is 29.8 Å². The van der Waals surface area contributed by atoms with Crippen LogP contribution in [0.15, 0.2) is 108 Å². The highest BCUT2D eigenvalue weighted by Crippen LogP contribution is 2.27. The molecule has 0 spiro atoms. The van der Waals surface area contributed by atoms with E-state index >= 15 is 0 Å². The van der Waals surface area contributed by atoms with Crippen LogP contribution >= 0.6 is 0 Å². The Hall–Kier alpha value is -4.43. The molecule has 230 valence electrons. The summed E-state index contributed by atoms with van der Waals surface area (Å²) in [5, 5.41) is 2.99. The Balaban J connectivity index is 1.82. The fourth-order valence-corrected chi connectivity index (χ4v) is 6.70. The molecule has 7 nitrogen and oxygen atoms in total. The molecule has 1 atom stereocenters. The Bertz CT molecular complexity index is 1670. The van der Waals surface area contributed by atoms with Crippen LogP contribution in [-0.4, -0.2) is 43.8 Å². The summed E-state index contributed by atoms with van der Waals surface area (Å²) < 4.78 is 29.4. The lowest BCUT2D eigenvalue weighted by atomic mass is 10.0. The molecule has 0 aliphatic carbocycles. The molecule has 1 N–H and O–H groups in total. The summed E-state index contributed by atoms with van der Waals surface area (Å²) in [4.78, 5) is 29.9. The number of hydrogen-bond donors (Lipinski definition) is 1. The standard InChI is InChI=1S/C36H41N3O4S/c1-26(2)37-36(41)34(23-30-14-8-6-9-15-30)38(24-31-16-12-13-27(3)20-31)35(40)25-39(32-21-28(4)19-29(5)22-32)44(42,43)33-17-10-7-11-18-33/h6-22,26,34H,23-25H2,1-5H3,(H,37,41)/t34-/m0/s1. The van der Waals surface area contributed by atoms with Crippen LogP contribution in [0.25, 0.3) is 0 Å². The van der Waals surface area contributed by atoms with E-state index in [0.29, 0.717) is 5.69 Å². The molecule has 2 amide bonds. The normalized spacial score (nSPS) is 12.0. The van der Waals surface area contributed by atoms with Crippen molar-refractivity contribution in [3.05, 3.63) is 131 Å². The number of amides is 2. The molecule has 0 aliphatic rings. The molecule has 0 radical (unpaired) electrons. The highest BCUT2D eigenvalue weighted by atomic mass is 32.2. The second kappa shape index (κ2) is 14.4. The van der Waals surface area contributed by atoms with Crippen molar-refractivity contribution in [1.82, 2.24) is 10.2 Å². The monoisotopic (exact) mass is 611 g/mol. The van der Waals surface area contributed by atoms with Crippen LogP contribution in [0.4, 0.5) is 5.69 Å². The van der Waals surface area contributed by atoms with Crippen LogP contribution in [-0.2, 0) is 32.6 Å². The number of sulfonamides is 1. The Morgan fingerprint density at radius 1 is 0.727 bits per heavy atom. The number of carbonyl (C=O) groups excluding carboxylic acids is 2. The minimum Gasteiger partial charge on any atom is -0.352 e. The number of nitrogens with one attached hydrogen (secondary N) is 1. The smallest absolute Gasteiger partial charge is 0.264 e. The molecule has 0 saturated heterocycles. The molecule has 0 bridgehead atoms. The number of rotatable bonds is 12. The van der Waals surface area contributed by atoms with Crippen LogP contribution < -0.4 is 9.62 Å². The van der Waals surface area contributed by atoms with Gasteiger partial charge in [-0.2, -0.15) is 0 Å². The van der Waals surface area contributed by atoms with Gasteiger partial charge in [0.1, 0.15) is 12.6 Å². The summed E-state index contributed by atoms with van der Waals surface area (Å²) in [5.41, 5.74) is 4.89. The van der Waals surface area contributed by atoms with E-state index in [9.17, 15) is 18.0 Å². The number of benzene rings is 4. The summed E-state index contributed by atoms with van der Waals surface area (Å²) in [6.07, 6.45) is 0.270. The lowest BCUT2D eigenvalue weighted by molar-refractivity contribution is -0.140. The third kappa shape index (κ3) is 8.35. The lowest BCUT2D eigenvalue weighted by Crippen LogP contribution is -2.54. The molecule has 0 fully saturated rings. The van der Waals surface area contributed by atoms with Crippen molar-refractivity contribution >= 4 is 27.5 Å². The van der Waals surface area contributed by atoms with Crippen molar-refractivity contribution in [2.24, 2.45) is 0 Å². The predicted molar refractivity (Wildman–Crippen MR) is 176 cm³/mol. The minimum atomic E-state index is -4.13. The van der Waals surface area contributed by atoms with Crippen LogP contribution in [0.5, 0.6) is 0 Å². The van der Waals surface area contributed by atoms with Crippen molar-refractivity contribution in [2.75, 3.05) is 10.8 Å². The van der Waals surface area contributed by atoms with E-state index in [1.165, 1.54) is 17.0 Å². The molecule has 0 heterocycles. The summed E-state index contributed by atoms with van der Waals surface area (Å²) in [6.45, 7) is 9.15. The van der Waals surface area contributed by atoms with Gasteiger partial charge in [-0.25, -0.2) is 8.42 Å². The number of anilines is 1. The molecule has 4 rings (SSSR count). The van der Waals surface area contributed by atoms with Gasteiger partial charge in [0.2, 0.25) is 11.8 Å². The Kier molecular flexibility index (Phi) is 10.6. The number of carbonyl (C=O) groups is 2. The van der Waals surface area contributed by atoms with Crippen molar-refractivity contribution in [3.63, 3.8) is 0 Å². The van der Waals surface area contributed by atoms with Crippen LogP contribution in [0, 0.1) is 20.8 Å². The summed E-state index contributed by atoms with van der Waals surface area (Å²) in [7, 11) is -4.13. The molecule has 8 heteroatoms. The Morgan fingerprint density at radius 3 is 1.91 bits per heavy atom. The van der Waals surface area contributed by atoms with Gasteiger partial charge in [0.05, 0.1) is 10.6 Å². The maximum absolute atomic E-state index is 14.5. The fraction of sp³-hybridized carbons (Fsp3) is 0.278. The number of hydrogen-bond acceptors (Lipinski definition) is 4. The SMILES string of the molecule is Cc1cccc(CN(C(=O)CN(c2cc(C)cc(C)c2)S(=O)(=O)c2ccccc2)[C@@H](Cc2ccccc2)C(=O)NC(C)C)c1. The van der Waals surface area contributed by atoms with Gasteiger partial charge in [0, 0.05) is 19.0 Å². The first-order valence-corrected chi connectivity index (χ1v) is 16.2. The first-order chi connectivity index (χ1) is 20.9. The van der Waals surface area contributed by atoms with Gasteiger partial charge < -0.3 is 10.2 Å². The second-order valence-electron chi connectivity index (χ2n) is 11.6. The first-order valence-electron chi connectivity index (χ1n) is 14.8. The van der Waals surface area contributed by atoms with Gasteiger partial charge in [0.15, 0.2) is 0 Å². The molecular formula is C36H41N3O4S. The summed E-state index contributed by atoms with van der Waals surface area (Å²) in [5.74, 6) is -0.779. The third-order valence-corrected chi connectivity index (χ3v) is 9.03. The second-order valence-corrected chi connectivity index (χ2v) is 13.4. The topological polar surface area (TPSA) is 86.8 Å². The van der Waals surface area contributed by atoms with E-state index in [2.05, 4.69) is 5.32 Å². The summed E-state index contributed by atoms with van der Waals surface area (Å²) >= 11 is 0. The predicted octanol–water partition coefficient (Wildman–Crippen LogP) is 5.97. The Labute approximate surface area is 261 Å². The van der Waals surface area contributed by atoms with Gasteiger partial charge in [0.25, 0.3) is 10.0 Å². The fourth-order valence-electron chi connectivity index (χ4n) is 5.28. The van der Waals surface area contributed by atoms with Crippen molar-refractivity contribution in [2.45, 2.75) is 64.6 Å². The zero-order chi connectivity index (χ0) is 31.9. The van der Waals surface area contributed by atoms with Crippen LogP contribution in [0.1, 0.15) is 41.7 Å². The molecule has 0 unspecified atom stereocenters. The third-order valence-electron chi connectivity index (χ3n) is 7.24. The molecule has 0 aromatic heterocycles.